The highest BCUT2D eigenvalue weighted by molar-refractivity contribution is 9.11. The van der Waals surface area contributed by atoms with Crippen LogP contribution in [0, 0.1) is 17.2 Å². The number of rotatable bonds is 6. The number of halogens is 1. The van der Waals surface area contributed by atoms with Crippen LogP contribution in [0.3, 0.4) is 0 Å². The number of anilines is 1. The van der Waals surface area contributed by atoms with Gasteiger partial charge < -0.3 is 4.90 Å². The lowest BCUT2D eigenvalue weighted by Gasteiger charge is -2.20. The standard InChI is InChI=1S/C20H23BrN2/c1-3-8-16(13-17-9-7-12-20(17)21)14-19(15-22)23(2)18-10-5-4-6-11-18/h3-6,8,10-11,14,16H,7,9,12-13H2,1-2H3/b8-3+,19-14+. The second kappa shape index (κ2) is 8.74. The SMILES string of the molecule is C/C=C/C(/C=C(\C#N)N(C)c1ccccc1)CC1=C(Br)CCC1. The highest BCUT2D eigenvalue weighted by atomic mass is 79.9. The van der Waals surface area contributed by atoms with E-state index < -0.39 is 0 Å². The molecule has 3 heteroatoms. The smallest absolute Gasteiger partial charge is 0.117 e. The molecule has 0 fully saturated rings. The number of para-hydroxylation sites is 1. The maximum atomic E-state index is 9.58. The minimum absolute atomic E-state index is 0.251. The zero-order valence-corrected chi connectivity index (χ0v) is 15.4. The Balaban J connectivity index is 2.22. The lowest BCUT2D eigenvalue weighted by Crippen LogP contribution is -2.16. The molecule has 2 rings (SSSR count). The van der Waals surface area contributed by atoms with Crippen LogP contribution in [0.2, 0.25) is 0 Å². The van der Waals surface area contributed by atoms with Crippen molar-refractivity contribution < 1.29 is 0 Å². The monoisotopic (exact) mass is 370 g/mol. The average molecular weight is 371 g/mol. The van der Waals surface area contributed by atoms with Crippen molar-refractivity contribution in [3.8, 4) is 6.07 Å². The fraction of sp³-hybridized carbons (Fsp3) is 0.350. The summed E-state index contributed by atoms with van der Waals surface area (Å²) in [6.45, 7) is 2.03. The van der Waals surface area contributed by atoms with Crippen LogP contribution >= 0.6 is 15.9 Å². The van der Waals surface area contributed by atoms with Crippen LogP contribution in [0.15, 0.2) is 64.3 Å². The molecule has 0 amide bonds. The topological polar surface area (TPSA) is 27.0 Å². The first-order valence-corrected chi connectivity index (χ1v) is 8.85. The van der Waals surface area contributed by atoms with Crippen LogP contribution in [-0.2, 0) is 0 Å². The van der Waals surface area contributed by atoms with Crippen molar-refractivity contribution >= 4 is 21.6 Å². The van der Waals surface area contributed by atoms with Crippen LogP contribution in [-0.4, -0.2) is 7.05 Å². The molecule has 120 valence electrons. The van der Waals surface area contributed by atoms with Crippen LogP contribution in [0.25, 0.3) is 0 Å². The van der Waals surface area contributed by atoms with Gasteiger partial charge in [0.05, 0.1) is 0 Å². The molecule has 0 aliphatic heterocycles. The van der Waals surface area contributed by atoms with Gasteiger partial charge in [0.15, 0.2) is 0 Å². The van der Waals surface area contributed by atoms with E-state index in [9.17, 15) is 5.26 Å². The molecule has 1 aromatic carbocycles. The molecule has 0 saturated carbocycles. The average Bonchev–Trinajstić information content (AvgIpc) is 2.98. The molecule has 1 unspecified atom stereocenters. The Labute approximate surface area is 147 Å². The summed E-state index contributed by atoms with van der Waals surface area (Å²) in [5.41, 5.74) is 3.21. The summed E-state index contributed by atoms with van der Waals surface area (Å²) in [5.74, 6) is 0.251. The molecule has 1 aromatic rings. The summed E-state index contributed by atoms with van der Waals surface area (Å²) in [6.07, 6.45) is 10.9. The zero-order chi connectivity index (χ0) is 16.7. The minimum atomic E-state index is 0.251. The fourth-order valence-electron chi connectivity index (χ4n) is 2.91. The molecule has 1 aliphatic rings. The summed E-state index contributed by atoms with van der Waals surface area (Å²) in [4.78, 5) is 1.95. The summed E-state index contributed by atoms with van der Waals surface area (Å²) < 4.78 is 1.36. The number of nitrogens with zero attached hydrogens (tertiary/aromatic N) is 2. The molecule has 1 aliphatic carbocycles. The Hall–Kier alpha value is -1.79. The Morgan fingerprint density at radius 1 is 1.35 bits per heavy atom. The van der Waals surface area contributed by atoms with E-state index >= 15 is 0 Å². The third-order valence-electron chi connectivity index (χ3n) is 4.17. The number of allylic oxidation sites excluding steroid dienone is 6. The molecule has 0 heterocycles. The third-order valence-corrected chi connectivity index (χ3v) is 5.13. The zero-order valence-electron chi connectivity index (χ0n) is 13.8. The van der Waals surface area contributed by atoms with Gasteiger partial charge in [-0.05, 0) is 55.3 Å². The highest BCUT2D eigenvalue weighted by Crippen LogP contribution is 2.35. The van der Waals surface area contributed by atoms with Crippen molar-refractivity contribution in [3.63, 3.8) is 0 Å². The number of benzene rings is 1. The van der Waals surface area contributed by atoms with E-state index in [1.54, 1.807) is 0 Å². The normalized spacial score (nSPS) is 16.7. The molecule has 2 nitrogen and oxygen atoms in total. The highest BCUT2D eigenvalue weighted by Gasteiger charge is 2.16. The molecule has 0 aromatic heterocycles. The molecule has 0 radical (unpaired) electrons. The van der Waals surface area contributed by atoms with Gasteiger partial charge in [-0.25, -0.2) is 0 Å². The molecule has 1 atom stereocenters. The predicted octanol–water partition coefficient (Wildman–Crippen LogP) is 5.95. The first kappa shape index (κ1) is 17.6. The number of hydrogen-bond acceptors (Lipinski definition) is 2. The van der Waals surface area contributed by atoms with Crippen molar-refractivity contribution in [1.29, 1.82) is 5.26 Å². The first-order chi connectivity index (χ1) is 11.2. The Bertz CT molecular complexity index is 650. The van der Waals surface area contributed by atoms with Gasteiger partial charge in [0, 0.05) is 18.7 Å². The Morgan fingerprint density at radius 2 is 2.09 bits per heavy atom. The van der Waals surface area contributed by atoms with Crippen LogP contribution in [0.5, 0.6) is 0 Å². The number of nitriles is 1. The van der Waals surface area contributed by atoms with Crippen molar-refractivity contribution in [3.05, 3.63) is 64.3 Å². The van der Waals surface area contributed by atoms with Crippen LogP contribution in [0.4, 0.5) is 5.69 Å². The van der Waals surface area contributed by atoms with Crippen LogP contribution < -0.4 is 4.90 Å². The van der Waals surface area contributed by atoms with E-state index in [2.05, 4.69) is 40.2 Å². The molecule has 0 saturated heterocycles. The summed E-state index contributed by atoms with van der Waals surface area (Å²) in [5, 5.41) is 9.58. The number of hydrogen-bond donors (Lipinski definition) is 0. The quantitative estimate of drug-likeness (QED) is 0.457. The molecule has 23 heavy (non-hydrogen) atoms. The van der Waals surface area contributed by atoms with Gasteiger partial charge in [0.2, 0.25) is 0 Å². The van der Waals surface area contributed by atoms with Crippen molar-refractivity contribution in [1.82, 2.24) is 0 Å². The second-order valence-electron chi connectivity index (χ2n) is 5.81. The molecule has 0 N–H and O–H groups in total. The van der Waals surface area contributed by atoms with Gasteiger partial charge in [-0.1, -0.05) is 51.9 Å². The maximum Gasteiger partial charge on any atom is 0.117 e. The van der Waals surface area contributed by atoms with E-state index in [0.717, 1.165) is 18.5 Å². The van der Waals surface area contributed by atoms with Gasteiger partial charge in [-0.15, -0.1) is 0 Å². The van der Waals surface area contributed by atoms with E-state index in [-0.39, 0.29) is 5.92 Å². The Kier molecular flexibility index (Phi) is 6.67. The first-order valence-electron chi connectivity index (χ1n) is 8.05. The molecular weight excluding hydrogens is 348 g/mol. The molecule has 0 bridgehead atoms. The lowest BCUT2D eigenvalue weighted by molar-refractivity contribution is 0.753. The van der Waals surface area contributed by atoms with Crippen molar-refractivity contribution in [2.75, 3.05) is 11.9 Å². The van der Waals surface area contributed by atoms with E-state index in [1.807, 2.05) is 49.2 Å². The van der Waals surface area contributed by atoms with E-state index in [4.69, 9.17) is 0 Å². The summed E-state index contributed by atoms with van der Waals surface area (Å²) >= 11 is 3.69. The summed E-state index contributed by atoms with van der Waals surface area (Å²) in [6, 6.07) is 12.4. The van der Waals surface area contributed by atoms with Gasteiger partial charge in [0.25, 0.3) is 0 Å². The fourth-order valence-corrected chi connectivity index (χ4v) is 3.55. The predicted molar refractivity (Wildman–Crippen MR) is 101 cm³/mol. The Morgan fingerprint density at radius 3 is 2.65 bits per heavy atom. The largest absolute Gasteiger partial charge is 0.336 e. The van der Waals surface area contributed by atoms with Crippen LogP contribution in [0.1, 0.15) is 32.6 Å². The second-order valence-corrected chi connectivity index (χ2v) is 6.77. The minimum Gasteiger partial charge on any atom is -0.336 e. The molecule has 0 spiro atoms. The van der Waals surface area contributed by atoms with Gasteiger partial charge in [0.1, 0.15) is 11.8 Å². The van der Waals surface area contributed by atoms with Crippen molar-refractivity contribution in [2.45, 2.75) is 32.6 Å². The summed E-state index contributed by atoms with van der Waals surface area (Å²) in [7, 11) is 1.95. The van der Waals surface area contributed by atoms with E-state index in [1.165, 1.54) is 22.9 Å². The molecular formula is C20H23BrN2. The van der Waals surface area contributed by atoms with Gasteiger partial charge in [-0.3, -0.25) is 0 Å². The van der Waals surface area contributed by atoms with Crippen molar-refractivity contribution in [2.24, 2.45) is 5.92 Å². The lowest BCUT2D eigenvalue weighted by atomic mass is 9.97. The maximum absolute atomic E-state index is 9.58. The van der Waals surface area contributed by atoms with Gasteiger partial charge >= 0.3 is 0 Å². The third kappa shape index (κ3) is 4.84. The van der Waals surface area contributed by atoms with Gasteiger partial charge in [-0.2, -0.15) is 5.26 Å². The van der Waals surface area contributed by atoms with E-state index in [0.29, 0.717) is 5.70 Å².